The highest BCUT2D eigenvalue weighted by molar-refractivity contribution is 5.27. The van der Waals surface area contributed by atoms with Crippen LogP contribution in [0.15, 0.2) is 36.7 Å². The molecule has 0 unspecified atom stereocenters. The number of likely N-dealkylation sites (tertiary alicyclic amines) is 1. The molecule has 3 atom stereocenters. The van der Waals surface area contributed by atoms with Crippen molar-refractivity contribution < 1.29 is 0 Å². The normalized spacial score (nSPS) is 35.3. The van der Waals surface area contributed by atoms with Crippen molar-refractivity contribution in [1.82, 2.24) is 19.8 Å². The number of aryl methyl sites for hydroxylation is 1. The Morgan fingerprint density at radius 3 is 2.62 bits per heavy atom. The number of aromatic nitrogens is 2. The maximum atomic E-state index is 4.57. The van der Waals surface area contributed by atoms with Crippen LogP contribution in [0.1, 0.15) is 35.7 Å². The van der Waals surface area contributed by atoms with Gasteiger partial charge in [-0.05, 0) is 44.3 Å². The minimum atomic E-state index is 0.638. The van der Waals surface area contributed by atoms with Crippen LogP contribution in [0, 0.1) is 12.8 Å². The minimum absolute atomic E-state index is 0.638. The molecular formula is C20H26N4. The molecule has 126 valence electrons. The average molecular weight is 322 g/mol. The fourth-order valence-electron chi connectivity index (χ4n) is 5.45. The van der Waals surface area contributed by atoms with Crippen molar-refractivity contribution in [3.05, 3.63) is 53.6 Å². The SMILES string of the molecule is Cc1[nH]cnc1CN1C[C@@H](c2ccccc2)[C@@H]2[C@H]1C1CCN2CC1. The first-order valence-corrected chi connectivity index (χ1v) is 9.33. The van der Waals surface area contributed by atoms with E-state index in [0.717, 1.165) is 12.5 Å². The summed E-state index contributed by atoms with van der Waals surface area (Å²) < 4.78 is 0. The van der Waals surface area contributed by atoms with E-state index in [1.807, 2.05) is 6.33 Å². The van der Waals surface area contributed by atoms with Crippen LogP contribution >= 0.6 is 0 Å². The Kier molecular flexibility index (Phi) is 3.49. The number of hydrogen-bond acceptors (Lipinski definition) is 3. The molecule has 24 heavy (non-hydrogen) atoms. The number of fused-ring (bicyclic) bond motifs is 2. The molecule has 0 saturated carbocycles. The standard InChI is InChI=1S/C20H26N4/c1-14-18(22-13-21-14)12-24-11-17(15-5-3-2-4-6-15)20-19(24)16-7-9-23(20)10-8-16/h2-6,13,16-17,19-20H,7-12H2,1H3,(H,21,22)/t17-,19+,20+/m0/s1. The molecule has 2 aromatic rings. The van der Waals surface area contributed by atoms with Crippen LogP contribution in [0.25, 0.3) is 0 Å². The van der Waals surface area contributed by atoms with Crippen LogP contribution < -0.4 is 0 Å². The number of H-pyrrole nitrogens is 1. The lowest BCUT2D eigenvalue weighted by Crippen LogP contribution is -2.60. The van der Waals surface area contributed by atoms with E-state index >= 15 is 0 Å². The van der Waals surface area contributed by atoms with Crippen LogP contribution in [0.3, 0.4) is 0 Å². The Hall–Kier alpha value is -1.65. The predicted molar refractivity (Wildman–Crippen MR) is 94.8 cm³/mol. The van der Waals surface area contributed by atoms with Crippen LogP contribution in [0.4, 0.5) is 0 Å². The van der Waals surface area contributed by atoms with E-state index < -0.39 is 0 Å². The van der Waals surface area contributed by atoms with Crippen LogP contribution in [-0.2, 0) is 6.54 Å². The second-order valence-corrected chi connectivity index (χ2v) is 7.78. The Balaban J connectivity index is 1.49. The third-order valence-electron chi connectivity index (χ3n) is 6.61. The van der Waals surface area contributed by atoms with Crippen LogP contribution in [-0.4, -0.2) is 51.5 Å². The summed E-state index contributed by atoms with van der Waals surface area (Å²) in [5.41, 5.74) is 3.95. The van der Waals surface area contributed by atoms with Gasteiger partial charge < -0.3 is 4.98 Å². The van der Waals surface area contributed by atoms with E-state index in [2.05, 4.69) is 57.0 Å². The first-order valence-electron chi connectivity index (χ1n) is 9.33. The van der Waals surface area contributed by atoms with Crippen LogP contribution in [0.5, 0.6) is 0 Å². The Morgan fingerprint density at radius 1 is 1.12 bits per heavy atom. The zero-order valence-electron chi connectivity index (χ0n) is 14.4. The topological polar surface area (TPSA) is 35.2 Å². The third kappa shape index (κ3) is 2.24. The molecule has 0 radical (unpaired) electrons. The summed E-state index contributed by atoms with van der Waals surface area (Å²) in [5, 5.41) is 0. The third-order valence-corrected chi connectivity index (χ3v) is 6.61. The number of nitrogens with one attached hydrogen (secondary N) is 1. The van der Waals surface area contributed by atoms with Gasteiger partial charge in [-0.1, -0.05) is 30.3 Å². The molecular weight excluding hydrogens is 296 g/mol. The first-order chi connectivity index (χ1) is 11.8. The number of rotatable bonds is 3. The zero-order chi connectivity index (χ0) is 16.1. The van der Waals surface area contributed by atoms with Gasteiger partial charge >= 0.3 is 0 Å². The van der Waals surface area contributed by atoms with E-state index in [1.165, 1.54) is 49.4 Å². The molecule has 6 rings (SSSR count). The summed E-state index contributed by atoms with van der Waals surface area (Å²) in [7, 11) is 0. The van der Waals surface area contributed by atoms with E-state index in [4.69, 9.17) is 0 Å². The van der Waals surface area contributed by atoms with Gasteiger partial charge in [-0.25, -0.2) is 4.98 Å². The highest BCUT2D eigenvalue weighted by atomic mass is 15.3. The van der Waals surface area contributed by atoms with Crippen molar-refractivity contribution in [2.24, 2.45) is 5.92 Å². The van der Waals surface area contributed by atoms with Gasteiger partial charge in [0.1, 0.15) is 0 Å². The molecule has 2 bridgehead atoms. The Labute approximate surface area is 143 Å². The molecule has 0 amide bonds. The number of nitrogens with zero attached hydrogens (tertiary/aromatic N) is 3. The van der Waals surface area contributed by atoms with Crippen molar-refractivity contribution >= 4 is 0 Å². The fourth-order valence-corrected chi connectivity index (χ4v) is 5.45. The molecule has 4 aliphatic rings. The second-order valence-electron chi connectivity index (χ2n) is 7.78. The highest BCUT2D eigenvalue weighted by Gasteiger charge is 2.53. The summed E-state index contributed by atoms with van der Waals surface area (Å²) in [6.07, 6.45) is 4.58. The maximum Gasteiger partial charge on any atom is 0.0925 e. The summed E-state index contributed by atoms with van der Waals surface area (Å²) in [5.74, 6) is 1.51. The van der Waals surface area contributed by atoms with E-state index in [1.54, 1.807) is 0 Å². The van der Waals surface area contributed by atoms with E-state index in [0.29, 0.717) is 18.0 Å². The summed E-state index contributed by atoms with van der Waals surface area (Å²) >= 11 is 0. The quantitative estimate of drug-likeness (QED) is 0.944. The lowest BCUT2D eigenvalue weighted by Gasteiger charge is -2.51. The molecule has 4 heteroatoms. The van der Waals surface area contributed by atoms with Gasteiger partial charge in [-0.3, -0.25) is 9.80 Å². The van der Waals surface area contributed by atoms with Gasteiger partial charge in [0.15, 0.2) is 0 Å². The van der Waals surface area contributed by atoms with Crippen molar-refractivity contribution in [3.63, 3.8) is 0 Å². The molecule has 0 spiro atoms. The molecule has 4 fully saturated rings. The van der Waals surface area contributed by atoms with Gasteiger partial charge in [0.05, 0.1) is 12.0 Å². The largest absolute Gasteiger partial charge is 0.348 e. The van der Waals surface area contributed by atoms with Gasteiger partial charge in [0.2, 0.25) is 0 Å². The van der Waals surface area contributed by atoms with Crippen molar-refractivity contribution in [2.75, 3.05) is 19.6 Å². The van der Waals surface area contributed by atoms with Crippen molar-refractivity contribution in [2.45, 2.75) is 44.3 Å². The van der Waals surface area contributed by atoms with Crippen LogP contribution in [0.2, 0.25) is 0 Å². The molecule has 1 aromatic carbocycles. The highest BCUT2D eigenvalue weighted by Crippen LogP contribution is 2.46. The Morgan fingerprint density at radius 2 is 1.92 bits per heavy atom. The monoisotopic (exact) mass is 322 g/mol. The number of hydrogen-bond donors (Lipinski definition) is 1. The first kappa shape index (κ1) is 14.7. The molecule has 4 nitrogen and oxygen atoms in total. The molecule has 1 N–H and O–H groups in total. The van der Waals surface area contributed by atoms with Gasteiger partial charge in [0.25, 0.3) is 0 Å². The average Bonchev–Trinajstić information content (AvgIpc) is 3.23. The summed E-state index contributed by atoms with van der Waals surface area (Å²) in [6, 6.07) is 12.6. The Bertz CT molecular complexity index is 701. The maximum absolute atomic E-state index is 4.57. The molecule has 5 heterocycles. The number of aromatic amines is 1. The fraction of sp³-hybridized carbons (Fsp3) is 0.550. The smallest absolute Gasteiger partial charge is 0.0925 e. The number of piperidine rings is 3. The van der Waals surface area contributed by atoms with Gasteiger partial charge in [-0.15, -0.1) is 0 Å². The molecule has 4 aliphatic heterocycles. The predicted octanol–water partition coefficient (Wildman–Crippen LogP) is 2.78. The minimum Gasteiger partial charge on any atom is -0.348 e. The van der Waals surface area contributed by atoms with Crippen molar-refractivity contribution in [1.29, 1.82) is 0 Å². The zero-order valence-corrected chi connectivity index (χ0v) is 14.4. The summed E-state index contributed by atoms with van der Waals surface area (Å²) in [4.78, 5) is 13.3. The lowest BCUT2D eigenvalue weighted by molar-refractivity contribution is -0.00899. The number of imidazole rings is 1. The summed E-state index contributed by atoms with van der Waals surface area (Å²) in [6.45, 7) is 6.89. The van der Waals surface area contributed by atoms with E-state index in [-0.39, 0.29) is 0 Å². The van der Waals surface area contributed by atoms with E-state index in [9.17, 15) is 0 Å². The molecule has 0 aliphatic carbocycles. The van der Waals surface area contributed by atoms with Gasteiger partial charge in [0, 0.05) is 36.8 Å². The van der Waals surface area contributed by atoms with Crippen molar-refractivity contribution in [3.8, 4) is 0 Å². The van der Waals surface area contributed by atoms with Gasteiger partial charge in [-0.2, -0.15) is 0 Å². The lowest BCUT2D eigenvalue weighted by atomic mass is 9.75. The second kappa shape index (κ2) is 5.71. The molecule has 1 aromatic heterocycles. The number of benzene rings is 1. The molecule has 4 saturated heterocycles.